The Hall–Kier alpha value is -1.34. The summed E-state index contributed by atoms with van der Waals surface area (Å²) in [4.78, 5) is 14.9. The van der Waals surface area contributed by atoms with E-state index in [4.69, 9.17) is 6.42 Å². The van der Waals surface area contributed by atoms with Crippen molar-refractivity contribution in [3.05, 3.63) is 16.1 Å². The average Bonchev–Trinajstić information content (AvgIpc) is 2.50. The molecule has 0 radical (unpaired) electrons. The number of carbonyl (C=O) groups is 1. The van der Waals surface area contributed by atoms with Gasteiger partial charge >= 0.3 is 0 Å². The summed E-state index contributed by atoms with van der Waals surface area (Å²) in [5, 5.41) is 5.37. The van der Waals surface area contributed by atoms with Crippen molar-refractivity contribution in [3.8, 4) is 12.3 Å². The molecule has 0 bridgehead atoms. The summed E-state index contributed by atoms with van der Waals surface area (Å²) in [6.45, 7) is 3.35. The van der Waals surface area contributed by atoms with E-state index in [1.807, 2.05) is 6.92 Å². The van der Waals surface area contributed by atoms with E-state index < -0.39 is 0 Å². The predicted octanol–water partition coefficient (Wildman–Crippen LogP) is 1.32. The van der Waals surface area contributed by atoms with Crippen LogP contribution in [-0.2, 0) is 4.79 Å². The minimum atomic E-state index is -0.0652. The minimum absolute atomic E-state index is 0.0649. The number of nitrogens with zero attached hydrogens (tertiary/aromatic N) is 1. The molecule has 1 aromatic heterocycles. The topological polar surface area (TPSA) is 42.0 Å². The number of terminal acetylenes is 1. The molecule has 0 spiro atoms. The van der Waals surface area contributed by atoms with Crippen LogP contribution in [0.2, 0.25) is 0 Å². The summed E-state index contributed by atoms with van der Waals surface area (Å²) in [6, 6.07) is -0.0652. The van der Waals surface area contributed by atoms with Gasteiger partial charge in [-0.25, -0.2) is 4.98 Å². The van der Waals surface area contributed by atoms with Crippen LogP contribution in [0.25, 0.3) is 0 Å². The molecular weight excluding hydrogens is 184 g/mol. The van der Waals surface area contributed by atoms with Crippen LogP contribution < -0.4 is 5.32 Å². The Bertz CT molecular complexity index is 351. The molecular formula is C9H10N2OS. The monoisotopic (exact) mass is 194 g/mol. The van der Waals surface area contributed by atoms with Gasteiger partial charge in [0.25, 0.3) is 0 Å². The first-order valence-electron chi connectivity index (χ1n) is 3.82. The Morgan fingerprint density at radius 1 is 1.85 bits per heavy atom. The van der Waals surface area contributed by atoms with Gasteiger partial charge in [-0.05, 0) is 12.8 Å². The average molecular weight is 194 g/mol. The Kier molecular flexibility index (Phi) is 3.04. The number of thiazole rings is 1. The lowest BCUT2D eigenvalue weighted by Crippen LogP contribution is -2.23. The molecule has 1 N–H and O–H groups in total. The van der Waals surface area contributed by atoms with Crippen molar-refractivity contribution in [1.82, 2.24) is 10.3 Å². The number of hydrogen-bond donors (Lipinski definition) is 1. The molecule has 68 valence electrons. The molecule has 1 atom stereocenters. The van der Waals surface area contributed by atoms with Gasteiger partial charge in [-0.2, -0.15) is 0 Å². The Morgan fingerprint density at radius 3 is 3.00 bits per heavy atom. The van der Waals surface area contributed by atoms with E-state index in [0.29, 0.717) is 5.69 Å². The van der Waals surface area contributed by atoms with Gasteiger partial charge in [-0.1, -0.05) is 0 Å². The maximum Gasteiger partial charge on any atom is 0.217 e. The number of nitrogens with one attached hydrogen (secondary N) is 1. The Balaban J connectivity index is 2.72. The Morgan fingerprint density at radius 2 is 2.54 bits per heavy atom. The fourth-order valence-corrected chi connectivity index (χ4v) is 1.69. The van der Waals surface area contributed by atoms with E-state index in [9.17, 15) is 4.79 Å². The van der Waals surface area contributed by atoms with E-state index in [0.717, 1.165) is 5.01 Å². The zero-order valence-electron chi connectivity index (χ0n) is 7.50. The third-order valence-corrected chi connectivity index (χ3v) is 2.49. The summed E-state index contributed by atoms with van der Waals surface area (Å²) < 4.78 is 0. The van der Waals surface area contributed by atoms with Crippen LogP contribution in [0.4, 0.5) is 0 Å². The Labute approximate surface area is 81.2 Å². The number of aromatic nitrogens is 1. The molecule has 0 aliphatic heterocycles. The smallest absolute Gasteiger partial charge is 0.217 e. The normalized spacial score (nSPS) is 11.8. The van der Waals surface area contributed by atoms with Crippen molar-refractivity contribution in [3.63, 3.8) is 0 Å². The largest absolute Gasteiger partial charge is 0.347 e. The summed E-state index contributed by atoms with van der Waals surface area (Å²) in [5.74, 6) is 2.38. The number of carbonyl (C=O) groups excluding carboxylic acids is 1. The van der Waals surface area contributed by atoms with E-state index in [1.54, 1.807) is 5.38 Å². The van der Waals surface area contributed by atoms with Gasteiger partial charge in [0.15, 0.2) is 0 Å². The van der Waals surface area contributed by atoms with Crippen LogP contribution >= 0.6 is 11.3 Å². The van der Waals surface area contributed by atoms with Crippen LogP contribution in [0.15, 0.2) is 5.38 Å². The molecule has 1 aromatic rings. The van der Waals surface area contributed by atoms with E-state index in [1.165, 1.54) is 18.3 Å². The van der Waals surface area contributed by atoms with Crippen molar-refractivity contribution < 1.29 is 4.79 Å². The fraction of sp³-hybridized carbons (Fsp3) is 0.333. The van der Waals surface area contributed by atoms with Crippen LogP contribution in [0.1, 0.15) is 30.6 Å². The van der Waals surface area contributed by atoms with Gasteiger partial charge in [0.2, 0.25) is 5.91 Å². The molecule has 1 amide bonds. The fourth-order valence-electron chi connectivity index (χ4n) is 0.919. The first kappa shape index (κ1) is 9.75. The van der Waals surface area contributed by atoms with Gasteiger partial charge in [-0.15, -0.1) is 17.8 Å². The molecule has 1 rings (SSSR count). The number of hydrogen-bond acceptors (Lipinski definition) is 3. The molecule has 0 aromatic carbocycles. The second-order valence-corrected chi connectivity index (χ2v) is 3.53. The molecule has 4 heteroatoms. The van der Waals surface area contributed by atoms with Crippen LogP contribution in [-0.4, -0.2) is 10.9 Å². The standard InChI is InChI=1S/C9H10N2OS/c1-4-8-5-13-9(11-8)6(2)10-7(3)12/h1,5-6H,2-3H3,(H,10,12)/t6-/m1/s1. The second kappa shape index (κ2) is 4.06. The highest BCUT2D eigenvalue weighted by atomic mass is 32.1. The van der Waals surface area contributed by atoms with E-state index >= 15 is 0 Å². The summed E-state index contributed by atoms with van der Waals surface area (Å²) in [6.07, 6.45) is 5.17. The highest BCUT2D eigenvalue weighted by molar-refractivity contribution is 7.09. The van der Waals surface area contributed by atoms with Crippen molar-refractivity contribution in [2.24, 2.45) is 0 Å². The van der Waals surface area contributed by atoms with Gasteiger partial charge < -0.3 is 5.32 Å². The molecule has 0 saturated carbocycles. The molecule has 0 saturated heterocycles. The zero-order chi connectivity index (χ0) is 9.84. The SMILES string of the molecule is C#Cc1csc([C@@H](C)NC(C)=O)n1. The quantitative estimate of drug-likeness (QED) is 0.721. The highest BCUT2D eigenvalue weighted by Gasteiger charge is 2.09. The number of amides is 1. The van der Waals surface area contributed by atoms with Crippen LogP contribution in [0, 0.1) is 12.3 Å². The van der Waals surface area contributed by atoms with Crippen molar-refractivity contribution in [2.45, 2.75) is 19.9 Å². The molecule has 0 unspecified atom stereocenters. The lowest BCUT2D eigenvalue weighted by atomic mass is 10.3. The lowest BCUT2D eigenvalue weighted by Gasteiger charge is -2.07. The molecule has 3 nitrogen and oxygen atoms in total. The lowest BCUT2D eigenvalue weighted by molar-refractivity contribution is -0.119. The maximum absolute atomic E-state index is 10.7. The van der Waals surface area contributed by atoms with Gasteiger partial charge in [0.1, 0.15) is 10.7 Å². The van der Waals surface area contributed by atoms with Crippen molar-refractivity contribution >= 4 is 17.2 Å². The second-order valence-electron chi connectivity index (χ2n) is 2.64. The summed E-state index contributed by atoms with van der Waals surface area (Å²) >= 11 is 1.46. The molecule has 1 heterocycles. The third kappa shape index (κ3) is 2.56. The van der Waals surface area contributed by atoms with Gasteiger partial charge in [0, 0.05) is 12.3 Å². The maximum atomic E-state index is 10.7. The predicted molar refractivity (Wildman–Crippen MR) is 52.3 cm³/mol. The molecule has 0 fully saturated rings. The first-order valence-corrected chi connectivity index (χ1v) is 4.70. The van der Waals surface area contributed by atoms with Gasteiger partial charge in [-0.3, -0.25) is 4.79 Å². The van der Waals surface area contributed by atoms with E-state index in [-0.39, 0.29) is 11.9 Å². The molecule has 13 heavy (non-hydrogen) atoms. The minimum Gasteiger partial charge on any atom is -0.347 e. The van der Waals surface area contributed by atoms with Crippen LogP contribution in [0.5, 0.6) is 0 Å². The third-order valence-electron chi connectivity index (χ3n) is 1.46. The van der Waals surface area contributed by atoms with Crippen molar-refractivity contribution in [2.75, 3.05) is 0 Å². The van der Waals surface area contributed by atoms with Gasteiger partial charge in [0.05, 0.1) is 6.04 Å². The summed E-state index contributed by atoms with van der Waals surface area (Å²) in [5.41, 5.74) is 0.622. The highest BCUT2D eigenvalue weighted by Crippen LogP contribution is 2.16. The van der Waals surface area contributed by atoms with Crippen molar-refractivity contribution in [1.29, 1.82) is 0 Å². The first-order chi connectivity index (χ1) is 6.13. The molecule has 0 aliphatic rings. The summed E-state index contributed by atoms with van der Waals surface area (Å²) in [7, 11) is 0. The zero-order valence-corrected chi connectivity index (χ0v) is 8.31. The molecule has 0 aliphatic carbocycles. The van der Waals surface area contributed by atoms with Crippen LogP contribution in [0.3, 0.4) is 0 Å². The number of rotatable bonds is 2. The van der Waals surface area contributed by atoms with E-state index in [2.05, 4.69) is 16.2 Å².